The van der Waals surface area contributed by atoms with Crippen LogP contribution in [0.5, 0.6) is 5.75 Å². The van der Waals surface area contributed by atoms with Crippen LogP contribution in [-0.2, 0) is 5.60 Å². The van der Waals surface area contributed by atoms with Crippen LogP contribution in [0.1, 0.15) is 25.8 Å². The predicted octanol–water partition coefficient (Wildman–Crippen LogP) is 5.31. The average molecular weight is 491 g/mol. The molecule has 2 aromatic heterocycles. The van der Waals surface area contributed by atoms with Gasteiger partial charge in [0.05, 0.1) is 11.6 Å². The molecule has 0 radical (unpaired) electrons. The molecule has 0 bridgehead atoms. The first kappa shape index (κ1) is 23.8. The third-order valence-corrected chi connectivity index (χ3v) is 6.25. The summed E-state index contributed by atoms with van der Waals surface area (Å²) in [7, 11) is 0. The molecule has 3 N–H and O–H groups in total. The molecule has 2 aromatic carbocycles. The van der Waals surface area contributed by atoms with Crippen molar-refractivity contribution in [2.75, 3.05) is 12.3 Å². The molecule has 0 aliphatic rings. The Morgan fingerprint density at radius 2 is 1.82 bits per heavy atom. The maximum atomic E-state index is 15.5. The average Bonchev–Trinajstić information content (AvgIpc) is 3.15. The summed E-state index contributed by atoms with van der Waals surface area (Å²) in [6.45, 7) is 2.22. The van der Waals surface area contributed by atoms with Gasteiger partial charge in [-0.15, -0.1) is 5.10 Å². The fourth-order valence-electron chi connectivity index (χ4n) is 3.62. The lowest BCUT2D eigenvalue weighted by Gasteiger charge is -2.36. The first-order chi connectivity index (χ1) is 16.0. The molecule has 34 heavy (non-hydrogen) atoms. The zero-order valence-corrected chi connectivity index (χ0v) is 19.2. The number of benzene rings is 2. The van der Waals surface area contributed by atoms with Crippen molar-refractivity contribution < 1.29 is 23.0 Å². The Morgan fingerprint density at radius 3 is 2.53 bits per heavy atom. The van der Waals surface area contributed by atoms with E-state index in [-0.39, 0.29) is 40.9 Å². The van der Waals surface area contributed by atoms with E-state index in [1.165, 1.54) is 42.6 Å². The molecule has 0 saturated carbocycles. The predicted molar refractivity (Wildman–Crippen MR) is 123 cm³/mol. The molecule has 10 heteroatoms. The van der Waals surface area contributed by atoms with Gasteiger partial charge in [0.15, 0.2) is 17.2 Å². The molecule has 4 aromatic rings. The Hall–Kier alpha value is -3.30. The molecule has 0 spiro atoms. The summed E-state index contributed by atoms with van der Waals surface area (Å²) in [6, 6.07) is 11.1. The highest BCUT2D eigenvalue weighted by Crippen LogP contribution is 2.40. The van der Waals surface area contributed by atoms with Crippen LogP contribution in [0.2, 0.25) is 5.02 Å². The highest BCUT2D eigenvalue weighted by atomic mass is 35.5. The normalized spacial score (nSPS) is 15.1. The molecule has 0 aliphatic heterocycles. The SMILES string of the molecule is CC(F)(CCOc1c(Cl)ccc(-c2ccn3nc(N)nc3c2)c1F)C(C)(O)c1ccc(F)cc1. The van der Waals surface area contributed by atoms with Crippen LogP contribution in [0.4, 0.5) is 19.1 Å². The molecular formula is C24H22ClF3N4O2. The number of fused-ring (bicyclic) bond motifs is 1. The van der Waals surface area contributed by atoms with Crippen molar-refractivity contribution in [3.63, 3.8) is 0 Å². The number of rotatable bonds is 7. The van der Waals surface area contributed by atoms with E-state index in [4.69, 9.17) is 22.1 Å². The maximum Gasteiger partial charge on any atom is 0.240 e. The lowest BCUT2D eigenvalue weighted by Crippen LogP contribution is -2.45. The molecule has 0 aliphatic carbocycles. The summed E-state index contributed by atoms with van der Waals surface area (Å²) >= 11 is 6.15. The highest BCUT2D eigenvalue weighted by Gasteiger charge is 2.45. The number of hydrogen-bond acceptors (Lipinski definition) is 5. The van der Waals surface area contributed by atoms with Gasteiger partial charge in [-0.1, -0.05) is 23.7 Å². The summed E-state index contributed by atoms with van der Waals surface area (Å²) in [5.41, 5.74) is 2.81. The molecule has 2 unspecified atom stereocenters. The van der Waals surface area contributed by atoms with E-state index in [1.807, 2.05) is 0 Å². The Labute approximate surface area is 198 Å². The van der Waals surface area contributed by atoms with Crippen molar-refractivity contribution in [1.82, 2.24) is 14.6 Å². The van der Waals surface area contributed by atoms with Gasteiger partial charge in [-0.25, -0.2) is 17.7 Å². The van der Waals surface area contributed by atoms with Crippen LogP contribution in [0.25, 0.3) is 16.8 Å². The zero-order valence-electron chi connectivity index (χ0n) is 18.4. The molecular weight excluding hydrogens is 469 g/mol. The third kappa shape index (κ3) is 4.41. The number of aromatic nitrogens is 3. The van der Waals surface area contributed by atoms with Crippen molar-refractivity contribution >= 4 is 23.2 Å². The lowest BCUT2D eigenvalue weighted by atomic mass is 9.79. The summed E-state index contributed by atoms with van der Waals surface area (Å²) in [6.07, 6.45) is 1.30. The maximum absolute atomic E-state index is 15.5. The number of aliphatic hydroxyl groups is 1. The van der Waals surface area contributed by atoms with E-state index in [0.29, 0.717) is 11.2 Å². The Balaban J connectivity index is 1.54. The van der Waals surface area contributed by atoms with Crippen LogP contribution < -0.4 is 10.5 Å². The van der Waals surface area contributed by atoms with E-state index in [9.17, 15) is 9.50 Å². The zero-order chi connectivity index (χ0) is 24.7. The standard InChI is InChI=1S/C24H22ClF3N4O2/c1-23(28,24(2,33)15-3-5-16(26)6-4-15)10-12-34-21-18(25)8-7-17(20(21)27)14-9-11-32-19(13-14)30-22(29)31-32/h3-9,11,13,33H,10,12H2,1-2H3,(H2,29,31). The minimum absolute atomic E-state index is 0.0138. The summed E-state index contributed by atoms with van der Waals surface area (Å²) in [5, 5.41) is 14.8. The highest BCUT2D eigenvalue weighted by molar-refractivity contribution is 6.32. The molecule has 178 valence electrons. The lowest BCUT2D eigenvalue weighted by molar-refractivity contribution is -0.0955. The van der Waals surface area contributed by atoms with Crippen molar-refractivity contribution in [3.05, 3.63) is 76.9 Å². The van der Waals surface area contributed by atoms with E-state index < -0.39 is 22.9 Å². The van der Waals surface area contributed by atoms with Crippen molar-refractivity contribution in [3.8, 4) is 16.9 Å². The van der Waals surface area contributed by atoms with Gasteiger partial charge in [0, 0.05) is 18.2 Å². The number of pyridine rings is 1. The smallest absolute Gasteiger partial charge is 0.240 e. The van der Waals surface area contributed by atoms with E-state index >= 15 is 8.78 Å². The van der Waals surface area contributed by atoms with Gasteiger partial charge >= 0.3 is 0 Å². The Kier molecular flexibility index (Phi) is 6.18. The number of hydrogen-bond donors (Lipinski definition) is 2. The molecule has 0 fully saturated rings. The molecule has 0 saturated heterocycles. The van der Waals surface area contributed by atoms with E-state index in [1.54, 1.807) is 18.3 Å². The second-order valence-corrected chi connectivity index (χ2v) is 8.71. The largest absolute Gasteiger partial charge is 0.489 e. The summed E-state index contributed by atoms with van der Waals surface area (Å²) in [5.74, 6) is -1.38. The van der Waals surface area contributed by atoms with Crippen molar-refractivity contribution in [2.24, 2.45) is 0 Å². The van der Waals surface area contributed by atoms with Crippen LogP contribution in [0.15, 0.2) is 54.7 Å². The van der Waals surface area contributed by atoms with Gasteiger partial charge in [-0.3, -0.25) is 0 Å². The van der Waals surface area contributed by atoms with Gasteiger partial charge in [0.25, 0.3) is 0 Å². The Bertz CT molecular complexity index is 1340. The van der Waals surface area contributed by atoms with Gasteiger partial charge < -0.3 is 15.6 Å². The molecule has 4 rings (SSSR count). The van der Waals surface area contributed by atoms with Gasteiger partial charge in [0.1, 0.15) is 17.1 Å². The van der Waals surface area contributed by atoms with Crippen LogP contribution in [0, 0.1) is 11.6 Å². The number of nitrogen functional groups attached to an aromatic ring is 1. The number of nitrogens with zero attached hydrogens (tertiary/aromatic N) is 3. The van der Waals surface area contributed by atoms with Crippen molar-refractivity contribution in [1.29, 1.82) is 0 Å². The number of nitrogens with two attached hydrogens (primary N) is 1. The summed E-state index contributed by atoms with van der Waals surface area (Å²) in [4.78, 5) is 4.06. The number of ether oxygens (including phenoxy) is 1. The number of alkyl halides is 1. The van der Waals surface area contributed by atoms with Gasteiger partial charge in [-0.2, -0.15) is 4.98 Å². The van der Waals surface area contributed by atoms with E-state index in [2.05, 4.69) is 10.1 Å². The number of anilines is 1. The second-order valence-electron chi connectivity index (χ2n) is 8.30. The van der Waals surface area contributed by atoms with Crippen LogP contribution in [-0.4, -0.2) is 32.0 Å². The quantitative estimate of drug-likeness (QED) is 0.366. The number of halogens is 4. The second kappa shape index (κ2) is 8.81. The first-order valence-corrected chi connectivity index (χ1v) is 10.8. The van der Waals surface area contributed by atoms with Crippen LogP contribution in [0.3, 0.4) is 0 Å². The summed E-state index contributed by atoms with van der Waals surface area (Å²) < 4.78 is 51.0. The van der Waals surface area contributed by atoms with Crippen molar-refractivity contribution in [2.45, 2.75) is 31.5 Å². The third-order valence-electron chi connectivity index (χ3n) is 5.95. The van der Waals surface area contributed by atoms with E-state index in [0.717, 1.165) is 12.1 Å². The molecule has 6 nitrogen and oxygen atoms in total. The molecule has 2 atom stereocenters. The Morgan fingerprint density at radius 1 is 1.12 bits per heavy atom. The minimum Gasteiger partial charge on any atom is -0.489 e. The molecule has 0 amide bonds. The van der Waals surface area contributed by atoms with Gasteiger partial charge in [0.2, 0.25) is 5.95 Å². The van der Waals surface area contributed by atoms with Crippen LogP contribution >= 0.6 is 11.6 Å². The topological polar surface area (TPSA) is 85.7 Å². The minimum atomic E-state index is -2.18. The fourth-order valence-corrected chi connectivity index (χ4v) is 3.82. The first-order valence-electron chi connectivity index (χ1n) is 10.4. The van der Waals surface area contributed by atoms with Gasteiger partial charge in [-0.05, 0) is 61.4 Å². The fraction of sp³-hybridized carbons (Fsp3) is 0.250. The monoisotopic (exact) mass is 490 g/mol. The molecule has 2 heterocycles.